The van der Waals surface area contributed by atoms with Gasteiger partial charge in [0.15, 0.2) is 17.2 Å². The molecule has 9 nitrogen and oxygen atoms in total. The average Bonchev–Trinajstić information content (AvgIpc) is 3.14. The van der Waals surface area contributed by atoms with Crippen LogP contribution in [0.15, 0.2) is 51.0 Å². The van der Waals surface area contributed by atoms with Crippen molar-refractivity contribution in [3.05, 3.63) is 46.3 Å². The Balaban J connectivity index is 1.99. The number of para-hydroxylation sites is 1. The smallest absolute Gasteiger partial charge is 0.277 e. The predicted octanol–water partition coefficient (Wildman–Crippen LogP) is 3.40. The highest BCUT2D eigenvalue weighted by Gasteiger charge is 2.13. The van der Waals surface area contributed by atoms with Crippen molar-refractivity contribution in [1.29, 1.82) is 0 Å². The second-order valence-corrected chi connectivity index (χ2v) is 5.47. The Morgan fingerprint density at radius 3 is 2.76 bits per heavy atom. The van der Waals surface area contributed by atoms with Crippen molar-refractivity contribution in [2.24, 2.45) is 10.2 Å². The molecule has 0 spiro atoms. The van der Waals surface area contributed by atoms with Crippen LogP contribution in [0.5, 0.6) is 11.5 Å². The van der Waals surface area contributed by atoms with E-state index in [1.165, 1.54) is 30.2 Å². The number of benzene rings is 1. The van der Waals surface area contributed by atoms with Crippen LogP contribution in [0.1, 0.15) is 0 Å². The van der Waals surface area contributed by atoms with Gasteiger partial charge in [0.2, 0.25) is 0 Å². The fourth-order valence-corrected chi connectivity index (χ4v) is 2.48. The normalized spacial score (nSPS) is 10.8. The van der Waals surface area contributed by atoms with E-state index in [1.54, 1.807) is 31.4 Å². The van der Waals surface area contributed by atoms with Gasteiger partial charge in [-0.25, -0.2) is 0 Å². The SMILES string of the molecule is COc1cccc(Nc2cc[nH]c(=O)c2N=Nc2nncs2)c1OC. The molecule has 0 atom stereocenters. The van der Waals surface area contributed by atoms with Crippen LogP contribution in [0.2, 0.25) is 0 Å². The number of aromatic nitrogens is 3. The summed E-state index contributed by atoms with van der Waals surface area (Å²) in [7, 11) is 3.09. The fourth-order valence-electron chi connectivity index (χ4n) is 2.10. The van der Waals surface area contributed by atoms with Gasteiger partial charge in [0.05, 0.1) is 25.6 Å². The molecule has 1 aromatic carbocycles. The molecule has 10 heteroatoms. The van der Waals surface area contributed by atoms with Crippen LogP contribution in [-0.4, -0.2) is 29.4 Å². The van der Waals surface area contributed by atoms with Crippen LogP contribution < -0.4 is 20.3 Å². The Morgan fingerprint density at radius 1 is 1.16 bits per heavy atom. The van der Waals surface area contributed by atoms with E-state index in [0.29, 0.717) is 28.0 Å². The molecule has 2 heterocycles. The maximum atomic E-state index is 12.1. The molecular formula is C15H14N6O3S. The third kappa shape index (κ3) is 3.63. The summed E-state index contributed by atoms with van der Waals surface area (Å²) in [6, 6.07) is 7.06. The number of azo groups is 1. The number of nitrogens with one attached hydrogen (secondary N) is 2. The highest BCUT2D eigenvalue weighted by molar-refractivity contribution is 7.13. The molecule has 0 radical (unpaired) electrons. The van der Waals surface area contributed by atoms with Gasteiger partial charge < -0.3 is 19.8 Å². The van der Waals surface area contributed by atoms with Gasteiger partial charge in [0.25, 0.3) is 10.7 Å². The average molecular weight is 358 g/mol. The summed E-state index contributed by atoms with van der Waals surface area (Å²) in [6.07, 6.45) is 1.52. The fraction of sp³-hybridized carbons (Fsp3) is 0.133. The summed E-state index contributed by atoms with van der Waals surface area (Å²) in [5, 5.41) is 18.8. The number of pyridine rings is 1. The molecule has 25 heavy (non-hydrogen) atoms. The number of rotatable bonds is 6. The number of hydrogen-bond donors (Lipinski definition) is 2. The molecule has 3 rings (SSSR count). The Bertz CT molecular complexity index is 939. The second-order valence-electron chi connectivity index (χ2n) is 4.66. The van der Waals surface area contributed by atoms with Gasteiger partial charge >= 0.3 is 0 Å². The highest BCUT2D eigenvalue weighted by Crippen LogP contribution is 2.37. The van der Waals surface area contributed by atoms with Crippen molar-refractivity contribution < 1.29 is 9.47 Å². The maximum Gasteiger partial charge on any atom is 0.277 e. The number of nitrogens with zero attached hydrogens (tertiary/aromatic N) is 4. The first-order chi connectivity index (χ1) is 12.2. The van der Waals surface area contributed by atoms with Gasteiger partial charge in [-0.15, -0.1) is 20.4 Å². The number of methoxy groups -OCH3 is 2. The van der Waals surface area contributed by atoms with Gasteiger partial charge in [-0.05, 0) is 18.2 Å². The molecule has 0 amide bonds. The first-order valence-corrected chi connectivity index (χ1v) is 7.98. The summed E-state index contributed by atoms with van der Waals surface area (Å²) >= 11 is 1.22. The van der Waals surface area contributed by atoms with E-state index >= 15 is 0 Å². The third-order valence-corrected chi connectivity index (χ3v) is 3.76. The van der Waals surface area contributed by atoms with Crippen LogP contribution in [-0.2, 0) is 0 Å². The summed E-state index contributed by atoms with van der Waals surface area (Å²) < 4.78 is 10.7. The Labute approximate surface area is 146 Å². The second kappa shape index (κ2) is 7.53. The predicted molar refractivity (Wildman–Crippen MR) is 94.0 cm³/mol. The Hall–Kier alpha value is -3.27. The lowest BCUT2D eigenvalue weighted by molar-refractivity contribution is 0.356. The van der Waals surface area contributed by atoms with Gasteiger partial charge in [0.1, 0.15) is 5.51 Å². The zero-order valence-corrected chi connectivity index (χ0v) is 14.2. The van der Waals surface area contributed by atoms with Gasteiger partial charge in [-0.2, -0.15) is 0 Å². The van der Waals surface area contributed by atoms with Crippen LogP contribution in [0.3, 0.4) is 0 Å². The largest absolute Gasteiger partial charge is 0.493 e. The number of hydrogen-bond acceptors (Lipinski definition) is 9. The Morgan fingerprint density at radius 2 is 2.04 bits per heavy atom. The van der Waals surface area contributed by atoms with E-state index in [9.17, 15) is 4.79 Å². The molecular weight excluding hydrogens is 344 g/mol. The van der Waals surface area contributed by atoms with Crippen LogP contribution in [0, 0.1) is 0 Å². The van der Waals surface area contributed by atoms with E-state index < -0.39 is 0 Å². The van der Waals surface area contributed by atoms with E-state index in [0.717, 1.165) is 0 Å². The van der Waals surface area contributed by atoms with Crippen molar-refractivity contribution in [2.75, 3.05) is 19.5 Å². The monoisotopic (exact) mass is 358 g/mol. The van der Waals surface area contributed by atoms with E-state index in [2.05, 4.69) is 30.7 Å². The molecule has 0 saturated carbocycles. The Kier molecular flexibility index (Phi) is 5.00. The molecule has 0 saturated heterocycles. The van der Waals surface area contributed by atoms with Gasteiger partial charge in [0, 0.05) is 6.20 Å². The zero-order valence-electron chi connectivity index (χ0n) is 13.4. The molecule has 2 aromatic heterocycles. The lowest BCUT2D eigenvalue weighted by atomic mass is 10.2. The lowest BCUT2D eigenvalue weighted by Crippen LogP contribution is -2.07. The molecule has 0 fully saturated rings. The summed E-state index contributed by atoms with van der Waals surface area (Å²) in [5.41, 5.74) is 2.34. The van der Waals surface area contributed by atoms with E-state index in [4.69, 9.17) is 9.47 Å². The van der Waals surface area contributed by atoms with E-state index in [1.807, 2.05) is 0 Å². The number of anilines is 2. The molecule has 128 valence electrons. The van der Waals surface area contributed by atoms with Gasteiger partial charge in [-0.1, -0.05) is 17.4 Å². The van der Waals surface area contributed by atoms with E-state index in [-0.39, 0.29) is 11.2 Å². The molecule has 2 N–H and O–H groups in total. The van der Waals surface area contributed by atoms with Crippen molar-refractivity contribution in [3.8, 4) is 11.5 Å². The summed E-state index contributed by atoms with van der Waals surface area (Å²) in [6.45, 7) is 0. The first kappa shape index (κ1) is 16.6. The third-order valence-electron chi connectivity index (χ3n) is 3.19. The summed E-state index contributed by atoms with van der Waals surface area (Å²) in [4.78, 5) is 14.7. The van der Waals surface area contributed by atoms with Crippen LogP contribution in [0.4, 0.5) is 22.2 Å². The van der Waals surface area contributed by atoms with Crippen molar-refractivity contribution in [3.63, 3.8) is 0 Å². The minimum absolute atomic E-state index is 0.113. The standard InChI is InChI=1S/C15H14N6O3S/c1-23-11-5-3-4-10(13(11)24-2)18-9-6-7-16-14(22)12(9)19-21-15-20-17-8-25-15/h3-8H,1-2H3,(H2,16,18,22). The highest BCUT2D eigenvalue weighted by atomic mass is 32.1. The van der Waals surface area contributed by atoms with Gasteiger partial charge in [-0.3, -0.25) is 4.79 Å². The molecule has 3 aromatic rings. The maximum absolute atomic E-state index is 12.1. The molecule has 0 aliphatic carbocycles. The van der Waals surface area contributed by atoms with Crippen molar-refractivity contribution in [2.45, 2.75) is 0 Å². The van der Waals surface area contributed by atoms with Crippen LogP contribution >= 0.6 is 11.3 Å². The minimum Gasteiger partial charge on any atom is -0.493 e. The van der Waals surface area contributed by atoms with Crippen LogP contribution in [0.25, 0.3) is 0 Å². The topological polar surface area (TPSA) is 114 Å². The molecule has 0 aliphatic heterocycles. The zero-order chi connectivity index (χ0) is 17.6. The number of ether oxygens (including phenoxy) is 2. The molecule has 0 aliphatic rings. The number of aromatic amines is 1. The van der Waals surface area contributed by atoms with Crippen molar-refractivity contribution in [1.82, 2.24) is 15.2 Å². The molecule has 0 bridgehead atoms. The molecule has 0 unspecified atom stereocenters. The lowest BCUT2D eigenvalue weighted by Gasteiger charge is -2.14. The quantitative estimate of drug-likeness (QED) is 0.653. The van der Waals surface area contributed by atoms with Crippen molar-refractivity contribution >= 4 is 33.5 Å². The minimum atomic E-state index is -0.389. The first-order valence-electron chi connectivity index (χ1n) is 7.10. The number of H-pyrrole nitrogens is 1. The summed E-state index contributed by atoms with van der Waals surface area (Å²) in [5.74, 6) is 1.08.